The third kappa shape index (κ3) is 3.78. The zero-order valence-electron chi connectivity index (χ0n) is 13.6. The van der Waals surface area contributed by atoms with E-state index < -0.39 is 15.3 Å². The predicted octanol–water partition coefficient (Wildman–Crippen LogP) is -0.497. The first-order valence-electron chi connectivity index (χ1n) is 7.53. The lowest BCUT2D eigenvalue weighted by molar-refractivity contribution is -0.131. The minimum absolute atomic E-state index is 0.0483. The van der Waals surface area contributed by atoms with Crippen LogP contribution < -0.4 is 5.56 Å². The molecule has 0 unspecified atom stereocenters. The summed E-state index contributed by atoms with van der Waals surface area (Å²) in [6.45, 7) is 6.23. The van der Waals surface area contributed by atoms with Crippen LogP contribution in [0.1, 0.15) is 25.1 Å². The van der Waals surface area contributed by atoms with Crippen molar-refractivity contribution < 1.29 is 13.2 Å². The van der Waals surface area contributed by atoms with Crippen molar-refractivity contribution in [3.05, 3.63) is 27.9 Å². The first kappa shape index (κ1) is 17.6. The van der Waals surface area contributed by atoms with Crippen LogP contribution in [0.25, 0.3) is 0 Å². The van der Waals surface area contributed by atoms with Gasteiger partial charge in [-0.3, -0.25) is 9.59 Å². The van der Waals surface area contributed by atoms with Gasteiger partial charge in [-0.1, -0.05) is 0 Å². The Kier molecular flexibility index (Phi) is 5.20. The zero-order chi connectivity index (χ0) is 17.2. The van der Waals surface area contributed by atoms with Crippen LogP contribution in [0.3, 0.4) is 0 Å². The summed E-state index contributed by atoms with van der Waals surface area (Å²) in [6.07, 6.45) is 1.33. The fourth-order valence-electron chi connectivity index (χ4n) is 2.43. The largest absolute Gasteiger partial charge is 0.340 e. The zero-order valence-corrected chi connectivity index (χ0v) is 14.4. The molecule has 128 valence electrons. The lowest BCUT2D eigenvalue weighted by Gasteiger charge is -2.35. The lowest BCUT2D eigenvalue weighted by Crippen LogP contribution is -2.52. The molecule has 0 bridgehead atoms. The fourth-order valence-corrected chi connectivity index (χ4v) is 3.70. The molecule has 1 saturated heterocycles. The molecule has 0 spiro atoms. The highest BCUT2D eigenvalue weighted by atomic mass is 32.2. The Morgan fingerprint density at radius 2 is 1.91 bits per heavy atom. The predicted molar refractivity (Wildman–Crippen MR) is 85.5 cm³/mol. The molecule has 23 heavy (non-hydrogen) atoms. The van der Waals surface area contributed by atoms with Crippen molar-refractivity contribution in [3.8, 4) is 0 Å². The monoisotopic (exact) mass is 342 g/mol. The summed E-state index contributed by atoms with van der Waals surface area (Å²) in [5.41, 5.74) is 0.633. The number of carbonyl (C=O) groups is 1. The molecule has 1 N–H and O–H groups in total. The number of piperazine rings is 1. The smallest absolute Gasteiger partial charge is 0.253 e. The molecule has 2 rings (SSSR count). The Labute approximate surface area is 135 Å². The standard InChI is InChI=1S/C14H22N4O4S/c1-10(2)23(21,22)18-6-4-17(5-7-18)13(19)8-12-11(3)14(20)16-9-15-12/h9-10H,4-8H2,1-3H3,(H,15,16,20). The number of aromatic amines is 1. The molecule has 8 nitrogen and oxygen atoms in total. The molecule has 0 aliphatic carbocycles. The third-order valence-electron chi connectivity index (χ3n) is 4.06. The van der Waals surface area contributed by atoms with Crippen LogP contribution in [0.2, 0.25) is 0 Å². The molecule has 1 amide bonds. The van der Waals surface area contributed by atoms with Gasteiger partial charge in [0.1, 0.15) is 0 Å². The molecule has 1 aliphatic heterocycles. The third-order valence-corrected chi connectivity index (χ3v) is 6.33. The number of nitrogens with zero attached hydrogens (tertiary/aromatic N) is 3. The highest BCUT2D eigenvalue weighted by molar-refractivity contribution is 7.89. The van der Waals surface area contributed by atoms with Crippen molar-refractivity contribution in [2.75, 3.05) is 26.2 Å². The highest BCUT2D eigenvalue weighted by Crippen LogP contribution is 2.13. The number of nitrogens with one attached hydrogen (secondary N) is 1. The topological polar surface area (TPSA) is 103 Å². The van der Waals surface area contributed by atoms with E-state index in [4.69, 9.17) is 0 Å². The molecule has 0 saturated carbocycles. The van der Waals surface area contributed by atoms with Gasteiger partial charge in [-0.15, -0.1) is 0 Å². The second kappa shape index (κ2) is 6.79. The van der Waals surface area contributed by atoms with Crippen molar-refractivity contribution in [3.63, 3.8) is 0 Å². The maximum absolute atomic E-state index is 12.3. The summed E-state index contributed by atoms with van der Waals surface area (Å²) in [4.78, 5) is 32.0. The van der Waals surface area contributed by atoms with Gasteiger partial charge in [0, 0.05) is 31.7 Å². The normalized spacial score (nSPS) is 16.8. The molecule has 2 heterocycles. The first-order chi connectivity index (χ1) is 10.7. The van der Waals surface area contributed by atoms with Crippen molar-refractivity contribution in [2.24, 2.45) is 0 Å². The van der Waals surface area contributed by atoms with Crippen molar-refractivity contribution in [2.45, 2.75) is 32.4 Å². The van der Waals surface area contributed by atoms with E-state index in [-0.39, 0.29) is 17.9 Å². The highest BCUT2D eigenvalue weighted by Gasteiger charge is 2.30. The molecule has 1 aromatic rings. The van der Waals surface area contributed by atoms with E-state index in [1.165, 1.54) is 10.6 Å². The Morgan fingerprint density at radius 3 is 2.48 bits per heavy atom. The van der Waals surface area contributed by atoms with Crippen LogP contribution in [-0.2, 0) is 21.2 Å². The van der Waals surface area contributed by atoms with Crippen molar-refractivity contribution >= 4 is 15.9 Å². The van der Waals surface area contributed by atoms with Gasteiger partial charge in [0.05, 0.1) is 23.7 Å². The van der Waals surface area contributed by atoms with Gasteiger partial charge in [0.15, 0.2) is 0 Å². The first-order valence-corrected chi connectivity index (χ1v) is 9.03. The minimum atomic E-state index is -3.28. The van der Waals surface area contributed by atoms with Crippen LogP contribution in [0.5, 0.6) is 0 Å². The van der Waals surface area contributed by atoms with E-state index >= 15 is 0 Å². The van der Waals surface area contributed by atoms with Gasteiger partial charge in [-0.05, 0) is 20.8 Å². The fraction of sp³-hybridized carbons (Fsp3) is 0.643. The molecule has 9 heteroatoms. The number of sulfonamides is 1. The van der Waals surface area contributed by atoms with E-state index in [9.17, 15) is 18.0 Å². The maximum atomic E-state index is 12.3. The van der Waals surface area contributed by atoms with Gasteiger partial charge >= 0.3 is 0 Å². The van der Waals surface area contributed by atoms with E-state index in [0.717, 1.165) is 0 Å². The van der Waals surface area contributed by atoms with Crippen LogP contribution in [0.15, 0.2) is 11.1 Å². The summed E-state index contributed by atoms with van der Waals surface area (Å²) in [5.74, 6) is -0.146. The summed E-state index contributed by atoms with van der Waals surface area (Å²) in [7, 11) is -3.28. The molecule has 1 aliphatic rings. The van der Waals surface area contributed by atoms with E-state index in [2.05, 4.69) is 9.97 Å². The van der Waals surface area contributed by atoms with Crippen molar-refractivity contribution in [1.82, 2.24) is 19.2 Å². The number of rotatable bonds is 4. The maximum Gasteiger partial charge on any atom is 0.253 e. The minimum Gasteiger partial charge on any atom is -0.340 e. The average Bonchev–Trinajstić information content (AvgIpc) is 2.51. The van der Waals surface area contributed by atoms with Gasteiger partial charge in [-0.25, -0.2) is 13.4 Å². The SMILES string of the molecule is Cc1c(CC(=O)N2CCN(S(=O)(=O)C(C)C)CC2)nc[nH]c1=O. The molecule has 0 radical (unpaired) electrons. The quantitative estimate of drug-likeness (QED) is 0.795. The number of carbonyl (C=O) groups excluding carboxylic acids is 1. The van der Waals surface area contributed by atoms with Crippen LogP contribution >= 0.6 is 0 Å². The summed E-state index contributed by atoms with van der Waals surface area (Å²) in [6, 6.07) is 0. The summed E-state index contributed by atoms with van der Waals surface area (Å²) in [5, 5.41) is -0.465. The van der Waals surface area contributed by atoms with E-state index in [0.29, 0.717) is 37.4 Å². The second-order valence-electron chi connectivity index (χ2n) is 5.85. The van der Waals surface area contributed by atoms with Gasteiger partial charge in [-0.2, -0.15) is 4.31 Å². The Balaban J connectivity index is 1.99. The number of aromatic nitrogens is 2. The molecule has 1 fully saturated rings. The summed E-state index contributed by atoms with van der Waals surface area (Å²) >= 11 is 0. The Morgan fingerprint density at radius 1 is 1.30 bits per heavy atom. The van der Waals surface area contributed by atoms with Gasteiger partial charge < -0.3 is 9.88 Å². The number of hydrogen-bond acceptors (Lipinski definition) is 5. The molecular weight excluding hydrogens is 320 g/mol. The molecular formula is C14H22N4O4S. The van der Waals surface area contributed by atoms with E-state index in [1.54, 1.807) is 25.7 Å². The van der Waals surface area contributed by atoms with Crippen LogP contribution in [-0.4, -0.2) is 64.9 Å². The number of H-pyrrole nitrogens is 1. The average molecular weight is 342 g/mol. The summed E-state index contributed by atoms with van der Waals surface area (Å²) < 4.78 is 25.6. The Bertz CT molecular complexity index is 733. The number of amides is 1. The second-order valence-corrected chi connectivity index (χ2v) is 8.34. The van der Waals surface area contributed by atoms with Crippen LogP contribution in [0, 0.1) is 6.92 Å². The molecule has 1 aromatic heterocycles. The van der Waals surface area contributed by atoms with Crippen molar-refractivity contribution in [1.29, 1.82) is 0 Å². The molecule has 0 atom stereocenters. The number of hydrogen-bond donors (Lipinski definition) is 1. The Hall–Kier alpha value is -1.74. The van der Waals surface area contributed by atoms with E-state index in [1.807, 2.05) is 0 Å². The lowest BCUT2D eigenvalue weighted by atomic mass is 10.1. The molecule has 0 aromatic carbocycles. The van der Waals surface area contributed by atoms with Crippen LogP contribution in [0.4, 0.5) is 0 Å². The van der Waals surface area contributed by atoms with Gasteiger partial charge in [0.2, 0.25) is 15.9 Å². The van der Waals surface area contributed by atoms with Gasteiger partial charge in [0.25, 0.3) is 5.56 Å².